The summed E-state index contributed by atoms with van der Waals surface area (Å²) in [6.07, 6.45) is 0. The number of hydrogen-bond donors (Lipinski definition) is 1. The zero-order chi connectivity index (χ0) is 16.2. The highest BCUT2D eigenvalue weighted by Gasteiger charge is 2.14. The predicted molar refractivity (Wildman–Crippen MR) is 91.1 cm³/mol. The van der Waals surface area contributed by atoms with Gasteiger partial charge in [-0.2, -0.15) is 4.98 Å². The molecule has 0 aliphatic rings. The first kappa shape index (κ1) is 18.1. The van der Waals surface area contributed by atoms with Gasteiger partial charge in [0, 0.05) is 19.1 Å². The van der Waals surface area contributed by atoms with Crippen LogP contribution in [0.15, 0.2) is 54.6 Å². The molecular weight excluding hydrogens is 344 g/mol. The summed E-state index contributed by atoms with van der Waals surface area (Å²) < 4.78 is 5.77. The molecule has 0 aliphatic carbocycles. The smallest absolute Gasteiger partial charge is 0.288 e. The number of Topliss-reactive ketones (excluding diaryl/α,β-unsaturated/α-hetero) is 1. The van der Waals surface area contributed by atoms with Crippen LogP contribution in [0.4, 0.5) is 10.8 Å². The van der Waals surface area contributed by atoms with Crippen molar-refractivity contribution in [2.45, 2.75) is 13.8 Å². The van der Waals surface area contributed by atoms with Gasteiger partial charge in [0.2, 0.25) is 0 Å². The van der Waals surface area contributed by atoms with Gasteiger partial charge in [-0.25, -0.2) is 0 Å². The van der Waals surface area contributed by atoms with Crippen LogP contribution in [0.5, 0.6) is 11.5 Å². The number of rotatable bonds is 5. The first-order valence-electron chi connectivity index (χ1n) is 7.28. The quantitative estimate of drug-likeness (QED) is 0.545. The van der Waals surface area contributed by atoms with Crippen LogP contribution < -0.4 is 22.5 Å². The molecule has 0 aliphatic heterocycles. The fraction of sp³-hybridized carbons (Fsp3) is 0.111. The van der Waals surface area contributed by atoms with Gasteiger partial charge in [-0.3, -0.25) is 10.1 Å². The first-order valence-corrected chi connectivity index (χ1v) is 8.09. The van der Waals surface area contributed by atoms with Crippen molar-refractivity contribution in [3.8, 4) is 11.5 Å². The van der Waals surface area contributed by atoms with E-state index in [1.165, 1.54) is 11.3 Å². The SMILES string of the molecule is CC(=O)c1sc([NH2+]c2ccc(Oc3ccccc3)cc2)nc1C.[Cl-]. The van der Waals surface area contributed by atoms with Crippen molar-refractivity contribution in [1.82, 2.24) is 4.98 Å². The first-order chi connectivity index (χ1) is 11.1. The van der Waals surface area contributed by atoms with Gasteiger partial charge in [-0.15, -0.1) is 0 Å². The summed E-state index contributed by atoms with van der Waals surface area (Å²) in [4.78, 5) is 16.6. The third kappa shape index (κ3) is 4.41. The Labute approximate surface area is 150 Å². The number of aromatic nitrogens is 1. The van der Waals surface area contributed by atoms with Gasteiger partial charge in [-0.1, -0.05) is 29.5 Å². The zero-order valence-corrected chi connectivity index (χ0v) is 14.9. The van der Waals surface area contributed by atoms with Gasteiger partial charge in [-0.05, 0) is 31.2 Å². The van der Waals surface area contributed by atoms with Crippen LogP contribution in [0.25, 0.3) is 0 Å². The Bertz CT molecular complexity index is 817. The third-order valence-corrected chi connectivity index (χ3v) is 4.49. The Morgan fingerprint density at radius 3 is 2.25 bits per heavy atom. The highest BCUT2D eigenvalue weighted by atomic mass is 35.5. The van der Waals surface area contributed by atoms with Crippen molar-refractivity contribution in [3.05, 3.63) is 65.2 Å². The molecule has 4 nitrogen and oxygen atoms in total. The molecule has 3 aromatic rings. The summed E-state index contributed by atoms with van der Waals surface area (Å²) in [5, 5.41) is 2.81. The van der Waals surface area contributed by atoms with Crippen LogP contribution in [-0.4, -0.2) is 10.8 Å². The molecule has 1 heterocycles. The third-order valence-electron chi connectivity index (χ3n) is 3.28. The summed E-state index contributed by atoms with van der Waals surface area (Å²) in [6, 6.07) is 17.5. The van der Waals surface area contributed by atoms with E-state index in [9.17, 15) is 4.79 Å². The monoisotopic (exact) mass is 360 g/mol. The van der Waals surface area contributed by atoms with Crippen molar-refractivity contribution in [2.24, 2.45) is 0 Å². The van der Waals surface area contributed by atoms with E-state index in [4.69, 9.17) is 4.74 Å². The van der Waals surface area contributed by atoms with Crippen LogP contribution in [-0.2, 0) is 0 Å². The van der Waals surface area contributed by atoms with E-state index >= 15 is 0 Å². The Morgan fingerprint density at radius 2 is 1.67 bits per heavy atom. The fourth-order valence-corrected chi connectivity index (χ4v) is 3.13. The second-order valence-electron chi connectivity index (χ2n) is 5.15. The summed E-state index contributed by atoms with van der Waals surface area (Å²) in [6.45, 7) is 3.43. The molecule has 124 valence electrons. The average Bonchev–Trinajstić information content (AvgIpc) is 2.91. The summed E-state index contributed by atoms with van der Waals surface area (Å²) >= 11 is 1.42. The number of hydrogen-bond acceptors (Lipinski definition) is 4. The van der Waals surface area contributed by atoms with Crippen molar-refractivity contribution >= 4 is 27.9 Å². The highest BCUT2D eigenvalue weighted by Crippen LogP contribution is 2.23. The van der Waals surface area contributed by atoms with E-state index in [0.717, 1.165) is 32.9 Å². The number of aryl methyl sites for hydroxylation is 1. The molecule has 2 aromatic carbocycles. The molecule has 24 heavy (non-hydrogen) atoms. The van der Waals surface area contributed by atoms with Crippen molar-refractivity contribution in [1.29, 1.82) is 0 Å². The van der Waals surface area contributed by atoms with Gasteiger partial charge < -0.3 is 17.1 Å². The molecule has 0 bridgehead atoms. The lowest BCUT2D eigenvalue weighted by molar-refractivity contribution is -0.478. The van der Waals surface area contributed by atoms with Gasteiger partial charge in [0.1, 0.15) is 17.2 Å². The topological polar surface area (TPSA) is 55.8 Å². The number of quaternary nitrogens is 1. The maximum Gasteiger partial charge on any atom is 0.288 e. The summed E-state index contributed by atoms with van der Waals surface area (Å²) in [5.74, 6) is 1.66. The number of carbonyl (C=O) groups is 1. The average molecular weight is 361 g/mol. The molecule has 6 heteroatoms. The van der Waals surface area contributed by atoms with E-state index in [0.29, 0.717) is 0 Å². The molecule has 2 N–H and O–H groups in total. The Morgan fingerprint density at radius 1 is 1.04 bits per heavy atom. The van der Waals surface area contributed by atoms with Gasteiger partial charge >= 0.3 is 0 Å². The van der Waals surface area contributed by atoms with E-state index in [2.05, 4.69) is 4.98 Å². The standard InChI is InChI=1S/C18H16N2O2S.ClH/c1-12-17(13(2)21)23-18(19-12)20-14-8-10-16(11-9-14)22-15-6-4-3-5-7-15;/h3-11H,1-2H3,(H,19,20);1H. The molecule has 0 amide bonds. The second-order valence-corrected chi connectivity index (χ2v) is 6.18. The lowest BCUT2D eigenvalue weighted by Crippen LogP contribution is -3.00. The number of nitrogens with two attached hydrogens (primary N) is 1. The van der Waals surface area contributed by atoms with Gasteiger partial charge in [0.15, 0.2) is 5.78 Å². The molecule has 3 rings (SSSR count). The minimum Gasteiger partial charge on any atom is -1.00 e. The number of nitrogens with zero attached hydrogens (tertiary/aromatic N) is 1. The fourth-order valence-electron chi connectivity index (χ4n) is 2.20. The Balaban J connectivity index is 0.00000208. The predicted octanol–water partition coefficient (Wildman–Crippen LogP) is 0.977. The highest BCUT2D eigenvalue weighted by molar-refractivity contribution is 7.16. The largest absolute Gasteiger partial charge is 1.00 e. The van der Waals surface area contributed by atoms with Crippen molar-refractivity contribution < 1.29 is 27.3 Å². The molecule has 0 saturated heterocycles. The zero-order valence-electron chi connectivity index (χ0n) is 13.3. The van der Waals surface area contributed by atoms with Gasteiger partial charge in [0.05, 0.1) is 10.6 Å². The number of ketones is 1. The molecule has 0 radical (unpaired) electrons. The maximum atomic E-state index is 11.5. The van der Waals surface area contributed by atoms with E-state index < -0.39 is 0 Å². The van der Waals surface area contributed by atoms with Gasteiger partial charge in [0.25, 0.3) is 5.13 Å². The molecule has 0 saturated carbocycles. The number of carbonyl (C=O) groups excluding carboxylic acids is 1. The van der Waals surface area contributed by atoms with Crippen LogP contribution in [0.1, 0.15) is 22.3 Å². The second kappa shape index (κ2) is 8.06. The number of ether oxygens (including phenoxy) is 1. The van der Waals surface area contributed by atoms with E-state index in [-0.39, 0.29) is 18.2 Å². The number of para-hydroxylation sites is 1. The number of halogens is 1. The number of benzene rings is 2. The van der Waals surface area contributed by atoms with Crippen LogP contribution in [0, 0.1) is 6.92 Å². The molecule has 0 atom stereocenters. The lowest BCUT2D eigenvalue weighted by Gasteiger charge is -2.05. The molecule has 1 aromatic heterocycles. The lowest BCUT2D eigenvalue weighted by atomic mass is 10.3. The Hall–Kier alpha value is -2.21. The molecule has 0 spiro atoms. The summed E-state index contributed by atoms with van der Waals surface area (Å²) in [5.41, 5.74) is 1.81. The van der Waals surface area contributed by atoms with E-state index in [1.54, 1.807) is 6.92 Å². The normalized spacial score (nSPS) is 10.1. The molecule has 0 unspecified atom stereocenters. The van der Waals surface area contributed by atoms with Crippen LogP contribution in [0.2, 0.25) is 0 Å². The van der Waals surface area contributed by atoms with Crippen molar-refractivity contribution in [2.75, 3.05) is 0 Å². The number of thiazole rings is 1. The maximum absolute atomic E-state index is 11.5. The van der Waals surface area contributed by atoms with Crippen molar-refractivity contribution in [3.63, 3.8) is 0 Å². The van der Waals surface area contributed by atoms with E-state index in [1.807, 2.05) is 66.8 Å². The van der Waals surface area contributed by atoms with Crippen LogP contribution >= 0.6 is 11.3 Å². The summed E-state index contributed by atoms with van der Waals surface area (Å²) in [7, 11) is 0. The molecular formula is C18H17ClN2O2S. The minimum absolute atomic E-state index is 0. The minimum atomic E-state index is 0. The Kier molecular flexibility index (Phi) is 6.09. The molecule has 0 fully saturated rings. The van der Waals surface area contributed by atoms with Crippen LogP contribution in [0.3, 0.4) is 0 Å².